The fraction of sp³-hybridized carbons (Fsp3) is 0.800. The van der Waals surface area contributed by atoms with Gasteiger partial charge >= 0.3 is 0 Å². The van der Waals surface area contributed by atoms with Crippen molar-refractivity contribution in [3.8, 4) is 6.07 Å². The molecule has 1 rings (SSSR count). The van der Waals surface area contributed by atoms with Crippen molar-refractivity contribution in [3.05, 3.63) is 0 Å². The zero-order valence-corrected chi connectivity index (χ0v) is 6.26. The quantitative estimate of drug-likeness (QED) is 0.488. The molecule has 0 radical (unpaired) electrons. The average Bonchev–Trinajstić information content (AvgIpc) is 2.13. The summed E-state index contributed by atoms with van der Waals surface area (Å²) in [4.78, 5) is 0. The second-order valence-corrected chi connectivity index (χ2v) is 4.25. The van der Waals surface area contributed by atoms with E-state index in [1.807, 2.05) is 6.07 Å². The summed E-state index contributed by atoms with van der Waals surface area (Å²) < 4.78 is 23.1. The van der Waals surface area contributed by atoms with Crippen molar-refractivity contribution in [2.24, 2.45) is 0 Å². The topological polar surface area (TPSA) is 61.2 Å². The third kappa shape index (κ3) is 1.28. The minimum absolute atomic E-state index is 0.00231. The highest BCUT2D eigenvalue weighted by Gasteiger charge is 2.27. The molecule has 0 unspecified atom stereocenters. The summed E-state index contributed by atoms with van der Waals surface area (Å²) in [6, 6.07) is 1.81. The lowest BCUT2D eigenvalue weighted by molar-refractivity contribution is 0.482. The first-order valence-electron chi connectivity index (χ1n) is 3.01. The average molecular weight is 160 g/mol. The van der Waals surface area contributed by atoms with Crippen molar-refractivity contribution >= 4 is 10.0 Å². The molecule has 4 nitrogen and oxygen atoms in total. The third-order valence-corrected chi connectivity index (χ3v) is 3.35. The van der Waals surface area contributed by atoms with E-state index in [0.29, 0.717) is 13.0 Å². The first-order chi connectivity index (χ1) is 4.67. The summed E-state index contributed by atoms with van der Waals surface area (Å²) in [6.45, 7) is 0.512. The second-order valence-electron chi connectivity index (χ2n) is 2.16. The van der Waals surface area contributed by atoms with Gasteiger partial charge < -0.3 is 0 Å². The van der Waals surface area contributed by atoms with Crippen LogP contribution in [0.3, 0.4) is 0 Å². The van der Waals surface area contributed by atoms with E-state index in [1.54, 1.807) is 0 Å². The number of rotatable bonds is 1. The number of nitrogens with zero attached hydrogens (tertiary/aromatic N) is 2. The maximum Gasteiger partial charge on any atom is 0.215 e. The van der Waals surface area contributed by atoms with Gasteiger partial charge in [0, 0.05) is 6.54 Å². The highest BCUT2D eigenvalue weighted by Crippen LogP contribution is 2.11. The van der Waals surface area contributed by atoms with Gasteiger partial charge in [-0.25, -0.2) is 8.42 Å². The Kier molecular flexibility index (Phi) is 1.92. The fourth-order valence-corrected chi connectivity index (χ4v) is 2.36. The normalized spacial score (nSPS) is 24.3. The molecule has 0 aromatic heterocycles. The summed E-state index contributed by atoms with van der Waals surface area (Å²) >= 11 is 0. The molecule has 0 bridgehead atoms. The van der Waals surface area contributed by atoms with Gasteiger partial charge in [0.2, 0.25) is 10.0 Å². The van der Waals surface area contributed by atoms with Gasteiger partial charge in [-0.2, -0.15) is 9.57 Å². The van der Waals surface area contributed by atoms with Crippen LogP contribution in [0.15, 0.2) is 0 Å². The lowest BCUT2D eigenvalue weighted by Gasteiger charge is -2.07. The van der Waals surface area contributed by atoms with Crippen molar-refractivity contribution in [3.63, 3.8) is 0 Å². The van der Waals surface area contributed by atoms with Crippen LogP contribution >= 0.6 is 0 Å². The molecule has 1 fully saturated rings. The van der Waals surface area contributed by atoms with Crippen LogP contribution in [0.25, 0.3) is 0 Å². The van der Waals surface area contributed by atoms with Gasteiger partial charge in [0.15, 0.2) is 0 Å². The maximum atomic E-state index is 10.9. The van der Waals surface area contributed by atoms with Crippen molar-refractivity contribution in [1.29, 1.82) is 5.26 Å². The van der Waals surface area contributed by atoms with Crippen LogP contribution in [0.2, 0.25) is 0 Å². The van der Waals surface area contributed by atoms with E-state index in [-0.39, 0.29) is 12.3 Å². The Balaban J connectivity index is 2.72. The van der Waals surface area contributed by atoms with Crippen LogP contribution in [0.5, 0.6) is 0 Å². The molecule has 0 aromatic carbocycles. The number of nitriles is 1. The van der Waals surface area contributed by atoms with Gasteiger partial charge in [-0.1, -0.05) is 0 Å². The van der Waals surface area contributed by atoms with Crippen LogP contribution < -0.4 is 0 Å². The zero-order valence-electron chi connectivity index (χ0n) is 5.45. The van der Waals surface area contributed by atoms with Gasteiger partial charge in [-0.3, -0.25) is 0 Å². The largest absolute Gasteiger partial charge is 0.215 e. The molecule has 0 N–H and O–H groups in total. The summed E-state index contributed by atoms with van der Waals surface area (Å²) in [6.07, 6.45) is 0.657. The monoisotopic (exact) mass is 160 g/mol. The van der Waals surface area contributed by atoms with Gasteiger partial charge in [-0.05, 0) is 6.42 Å². The number of sulfonamides is 1. The Bertz CT molecular complexity index is 251. The minimum Gasteiger partial charge on any atom is -0.212 e. The van der Waals surface area contributed by atoms with Crippen LogP contribution in [-0.4, -0.2) is 31.6 Å². The third-order valence-electron chi connectivity index (χ3n) is 1.45. The van der Waals surface area contributed by atoms with Gasteiger partial charge in [0.25, 0.3) is 0 Å². The van der Waals surface area contributed by atoms with Crippen LogP contribution in [-0.2, 0) is 10.0 Å². The summed E-state index contributed by atoms with van der Waals surface area (Å²) in [5.74, 6) is 0.203. The molecule has 10 heavy (non-hydrogen) atoms. The molecule has 0 spiro atoms. The first-order valence-corrected chi connectivity index (χ1v) is 4.62. The molecule has 0 aromatic rings. The van der Waals surface area contributed by atoms with E-state index in [1.165, 1.54) is 4.31 Å². The SMILES string of the molecule is N#CCN1CCCS1(=O)=O. The zero-order chi connectivity index (χ0) is 7.61. The van der Waals surface area contributed by atoms with Crippen LogP contribution in [0, 0.1) is 11.3 Å². The number of hydrogen-bond acceptors (Lipinski definition) is 3. The standard InChI is InChI=1S/C5H8N2O2S/c6-2-4-7-3-1-5-10(7,8)9/h1,3-5H2. The van der Waals surface area contributed by atoms with Gasteiger partial charge in [0.1, 0.15) is 6.54 Å². The summed E-state index contributed by atoms with van der Waals surface area (Å²) in [7, 11) is -3.04. The fourth-order valence-electron chi connectivity index (χ4n) is 0.948. The highest BCUT2D eigenvalue weighted by molar-refractivity contribution is 7.89. The molecule has 0 aliphatic carbocycles. The first kappa shape index (κ1) is 7.51. The van der Waals surface area contributed by atoms with Gasteiger partial charge in [0.05, 0.1) is 11.8 Å². The van der Waals surface area contributed by atoms with E-state index >= 15 is 0 Å². The van der Waals surface area contributed by atoms with E-state index < -0.39 is 10.0 Å². The van der Waals surface area contributed by atoms with E-state index in [2.05, 4.69) is 0 Å². The predicted molar refractivity (Wildman–Crippen MR) is 35.6 cm³/mol. The molecule has 1 aliphatic rings. The van der Waals surface area contributed by atoms with Crippen molar-refractivity contribution in [2.45, 2.75) is 6.42 Å². The summed E-state index contributed by atoms with van der Waals surface area (Å²) in [5.41, 5.74) is 0. The van der Waals surface area contributed by atoms with Crippen LogP contribution in [0.1, 0.15) is 6.42 Å². The predicted octanol–water partition coefficient (Wildman–Crippen LogP) is -0.455. The molecule has 0 amide bonds. The Morgan fingerprint density at radius 2 is 2.30 bits per heavy atom. The molecular weight excluding hydrogens is 152 g/mol. The molecule has 0 saturated carbocycles. The Labute approximate surface area is 60.1 Å². The Morgan fingerprint density at radius 1 is 1.60 bits per heavy atom. The molecule has 1 saturated heterocycles. The van der Waals surface area contributed by atoms with E-state index in [0.717, 1.165) is 0 Å². The van der Waals surface area contributed by atoms with Crippen molar-refractivity contribution < 1.29 is 8.42 Å². The van der Waals surface area contributed by atoms with Crippen molar-refractivity contribution in [1.82, 2.24) is 4.31 Å². The van der Waals surface area contributed by atoms with Crippen molar-refractivity contribution in [2.75, 3.05) is 18.8 Å². The Morgan fingerprint density at radius 3 is 2.70 bits per heavy atom. The Hall–Kier alpha value is -0.600. The van der Waals surface area contributed by atoms with E-state index in [4.69, 9.17) is 5.26 Å². The molecule has 56 valence electrons. The van der Waals surface area contributed by atoms with Gasteiger partial charge in [-0.15, -0.1) is 0 Å². The highest BCUT2D eigenvalue weighted by atomic mass is 32.2. The molecular formula is C5H8N2O2S. The minimum atomic E-state index is -3.04. The lowest BCUT2D eigenvalue weighted by Crippen LogP contribution is -2.25. The summed E-state index contributed by atoms with van der Waals surface area (Å²) in [5, 5.41) is 8.20. The van der Waals surface area contributed by atoms with E-state index in [9.17, 15) is 8.42 Å². The van der Waals surface area contributed by atoms with Crippen LogP contribution in [0.4, 0.5) is 0 Å². The molecule has 1 heterocycles. The smallest absolute Gasteiger partial charge is 0.212 e. The maximum absolute atomic E-state index is 10.9. The lowest BCUT2D eigenvalue weighted by atomic mass is 10.5. The molecule has 0 atom stereocenters. The second kappa shape index (κ2) is 2.56. The molecule has 1 aliphatic heterocycles. The molecule has 5 heteroatoms. The number of hydrogen-bond donors (Lipinski definition) is 0.